The molecule has 1 heterocycles. The molecule has 12 heavy (non-hydrogen) atoms. The van der Waals surface area contributed by atoms with Crippen molar-refractivity contribution < 1.29 is 9.18 Å². The quantitative estimate of drug-likeness (QED) is 0.709. The molecule has 1 aromatic rings. The predicted octanol–water partition coefficient (Wildman–Crippen LogP) is 2.61. The molecule has 0 saturated carbocycles. The maximum atomic E-state index is 13.0. The summed E-state index contributed by atoms with van der Waals surface area (Å²) in [4.78, 5) is 11.2. The standard InChI is InChI=1S/C9H11FOS/c1-9(2,10)8(11)5-7-3-4-12-6-7/h3-4,6H,5H2,1-2H3. The van der Waals surface area contributed by atoms with E-state index in [1.807, 2.05) is 16.8 Å². The monoisotopic (exact) mass is 186 g/mol. The molecule has 1 aromatic heterocycles. The first-order valence-electron chi connectivity index (χ1n) is 3.73. The molecule has 0 radical (unpaired) electrons. The molecule has 1 nitrogen and oxygen atoms in total. The Morgan fingerprint density at radius 3 is 2.75 bits per heavy atom. The van der Waals surface area contributed by atoms with Crippen molar-refractivity contribution in [1.82, 2.24) is 0 Å². The summed E-state index contributed by atoms with van der Waals surface area (Å²) in [5.74, 6) is -0.360. The van der Waals surface area contributed by atoms with Crippen molar-refractivity contribution in [1.29, 1.82) is 0 Å². The van der Waals surface area contributed by atoms with Crippen molar-refractivity contribution in [2.45, 2.75) is 25.9 Å². The Balaban J connectivity index is 2.60. The predicted molar refractivity (Wildman–Crippen MR) is 48.2 cm³/mol. The van der Waals surface area contributed by atoms with E-state index in [1.54, 1.807) is 0 Å². The van der Waals surface area contributed by atoms with Gasteiger partial charge in [-0.15, -0.1) is 0 Å². The van der Waals surface area contributed by atoms with Crippen molar-refractivity contribution in [2.75, 3.05) is 0 Å². The van der Waals surface area contributed by atoms with E-state index < -0.39 is 5.67 Å². The largest absolute Gasteiger partial charge is 0.296 e. The highest BCUT2D eigenvalue weighted by atomic mass is 32.1. The minimum atomic E-state index is -1.71. The van der Waals surface area contributed by atoms with Gasteiger partial charge in [-0.2, -0.15) is 11.3 Å². The van der Waals surface area contributed by atoms with Gasteiger partial charge in [0.25, 0.3) is 0 Å². The first kappa shape index (κ1) is 9.39. The van der Waals surface area contributed by atoms with E-state index in [9.17, 15) is 9.18 Å². The smallest absolute Gasteiger partial charge is 0.173 e. The fraction of sp³-hybridized carbons (Fsp3) is 0.444. The molecule has 1 rings (SSSR count). The Morgan fingerprint density at radius 2 is 2.33 bits per heavy atom. The number of Topliss-reactive ketones (excluding diaryl/α,β-unsaturated/α-hetero) is 1. The SMILES string of the molecule is CC(C)(F)C(=O)Cc1ccsc1. The van der Waals surface area contributed by atoms with Crippen LogP contribution in [-0.4, -0.2) is 11.5 Å². The second kappa shape index (κ2) is 3.35. The van der Waals surface area contributed by atoms with Gasteiger partial charge in [0.05, 0.1) is 0 Å². The molecule has 0 amide bonds. The Morgan fingerprint density at radius 1 is 1.67 bits per heavy atom. The van der Waals surface area contributed by atoms with Gasteiger partial charge in [-0.05, 0) is 36.2 Å². The molecular weight excluding hydrogens is 175 g/mol. The van der Waals surface area contributed by atoms with Crippen LogP contribution in [-0.2, 0) is 11.2 Å². The van der Waals surface area contributed by atoms with Crippen molar-refractivity contribution in [3.8, 4) is 0 Å². The zero-order valence-electron chi connectivity index (χ0n) is 7.13. The number of rotatable bonds is 3. The summed E-state index contributed by atoms with van der Waals surface area (Å²) in [6, 6.07) is 1.84. The summed E-state index contributed by atoms with van der Waals surface area (Å²) in [6.07, 6.45) is 0.201. The van der Waals surface area contributed by atoms with Gasteiger partial charge < -0.3 is 0 Å². The lowest BCUT2D eigenvalue weighted by molar-refractivity contribution is -0.127. The third kappa shape index (κ3) is 2.41. The molecule has 3 heteroatoms. The lowest BCUT2D eigenvalue weighted by Gasteiger charge is -2.11. The van der Waals surface area contributed by atoms with E-state index in [2.05, 4.69) is 0 Å². The second-order valence-electron chi connectivity index (χ2n) is 3.20. The molecule has 0 fully saturated rings. The number of hydrogen-bond donors (Lipinski definition) is 0. The Bertz CT molecular complexity index is 259. The molecule has 0 unspecified atom stereocenters. The van der Waals surface area contributed by atoms with Crippen LogP contribution in [0.1, 0.15) is 19.4 Å². The van der Waals surface area contributed by atoms with Gasteiger partial charge in [-0.1, -0.05) is 0 Å². The lowest BCUT2D eigenvalue weighted by atomic mass is 10.0. The van der Waals surface area contributed by atoms with Crippen LogP contribution in [0.4, 0.5) is 4.39 Å². The number of halogens is 1. The molecule has 0 N–H and O–H groups in total. The van der Waals surface area contributed by atoms with Crippen molar-refractivity contribution in [3.05, 3.63) is 22.4 Å². The average Bonchev–Trinajstić information content (AvgIpc) is 2.37. The van der Waals surface area contributed by atoms with Gasteiger partial charge in [0.1, 0.15) is 0 Å². The van der Waals surface area contributed by atoms with E-state index in [0.717, 1.165) is 5.56 Å². The van der Waals surface area contributed by atoms with Gasteiger partial charge in [0.15, 0.2) is 11.5 Å². The number of alkyl halides is 1. The van der Waals surface area contributed by atoms with Gasteiger partial charge in [0.2, 0.25) is 0 Å². The van der Waals surface area contributed by atoms with Gasteiger partial charge in [0, 0.05) is 6.42 Å². The van der Waals surface area contributed by atoms with E-state index in [-0.39, 0.29) is 12.2 Å². The zero-order chi connectivity index (χ0) is 9.19. The van der Waals surface area contributed by atoms with Crippen LogP contribution < -0.4 is 0 Å². The topological polar surface area (TPSA) is 17.1 Å². The number of thiophene rings is 1. The summed E-state index contributed by atoms with van der Waals surface area (Å²) in [5, 5.41) is 3.75. The normalized spacial score (nSPS) is 11.6. The zero-order valence-corrected chi connectivity index (χ0v) is 7.95. The molecule has 0 atom stereocenters. The molecule has 0 saturated heterocycles. The van der Waals surface area contributed by atoms with Crippen LogP contribution in [0, 0.1) is 0 Å². The molecule has 0 spiro atoms. The lowest BCUT2D eigenvalue weighted by Crippen LogP contribution is -2.27. The Hall–Kier alpha value is -0.700. The van der Waals surface area contributed by atoms with Crippen molar-refractivity contribution >= 4 is 17.1 Å². The van der Waals surface area contributed by atoms with Crippen LogP contribution in [0.3, 0.4) is 0 Å². The second-order valence-corrected chi connectivity index (χ2v) is 3.98. The molecule has 0 aromatic carbocycles. The van der Waals surface area contributed by atoms with Crippen molar-refractivity contribution in [3.63, 3.8) is 0 Å². The number of carbonyl (C=O) groups is 1. The molecular formula is C9H11FOS. The molecule has 0 aliphatic rings. The van der Waals surface area contributed by atoms with Crippen LogP contribution in [0.25, 0.3) is 0 Å². The number of ketones is 1. The van der Waals surface area contributed by atoms with Gasteiger partial charge in [-0.25, -0.2) is 4.39 Å². The first-order valence-corrected chi connectivity index (χ1v) is 4.68. The van der Waals surface area contributed by atoms with Crippen LogP contribution in [0.5, 0.6) is 0 Å². The number of hydrogen-bond acceptors (Lipinski definition) is 2. The van der Waals surface area contributed by atoms with Crippen LogP contribution >= 0.6 is 11.3 Å². The summed E-state index contributed by atoms with van der Waals surface area (Å²) in [6.45, 7) is 2.59. The summed E-state index contributed by atoms with van der Waals surface area (Å²) < 4.78 is 13.0. The molecule has 0 aliphatic heterocycles. The fourth-order valence-electron chi connectivity index (χ4n) is 0.789. The maximum absolute atomic E-state index is 13.0. The van der Waals surface area contributed by atoms with Gasteiger partial charge in [-0.3, -0.25) is 4.79 Å². The Labute approximate surface area is 75.2 Å². The Kier molecular flexibility index (Phi) is 2.62. The molecule has 66 valence electrons. The fourth-order valence-corrected chi connectivity index (χ4v) is 1.46. The minimum Gasteiger partial charge on any atom is -0.296 e. The van der Waals surface area contributed by atoms with E-state index in [1.165, 1.54) is 25.2 Å². The summed E-state index contributed by atoms with van der Waals surface area (Å²) in [7, 11) is 0. The first-order chi connectivity index (χ1) is 5.50. The van der Waals surface area contributed by atoms with Crippen LogP contribution in [0.2, 0.25) is 0 Å². The van der Waals surface area contributed by atoms with Crippen LogP contribution in [0.15, 0.2) is 16.8 Å². The van der Waals surface area contributed by atoms with Crippen molar-refractivity contribution in [2.24, 2.45) is 0 Å². The minimum absolute atomic E-state index is 0.201. The highest BCUT2D eigenvalue weighted by Gasteiger charge is 2.25. The highest BCUT2D eigenvalue weighted by Crippen LogP contribution is 2.15. The van der Waals surface area contributed by atoms with E-state index >= 15 is 0 Å². The van der Waals surface area contributed by atoms with Gasteiger partial charge >= 0.3 is 0 Å². The molecule has 0 aliphatic carbocycles. The molecule has 0 bridgehead atoms. The highest BCUT2D eigenvalue weighted by molar-refractivity contribution is 7.07. The van der Waals surface area contributed by atoms with E-state index in [4.69, 9.17) is 0 Å². The maximum Gasteiger partial charge on any atom is 0.173 e. The summed E-state index contributed by atoms with van der Waals surface area (Å²) in [5.41, 5.74) is -0.808. The summed E-state index contributed by atoms with van der Waals surface area (Å²) >= 11 is 1.52. The third-order valence-electron chi connectivity index (χ3n) is 1.61. The van der Waals surface area contributed by atoms with E-state index in [0.29, 0.717) is 0 Å². The number of carbonyl (C=O) groups excluding carboxylic acids is 1. The third-order valence-corrected chi connectivity index (χ3v) is 2.34. The average molecular weight is 186 g/mol.